The summed E-state index contributed by atoms with van der Waals surface area (Å²) in [7, 11) is -3.36. The lowest BCUT2D eigenvalue weighted by atomic mass is 9.80. The Hall–Kier alpha value is -1.49. The first kappa shape index (κ1) is 21.8. The van der Waals surface area contributed by atoms with E-state index in [0.717, 1.165) is 0 Å². The number of hydrogen-bond acceptors (Lipinski definition) is 2. The van der Waals surface area contributed by atoms with Crippen LogP contribution < -0.4 is 10.1 Å². The molecule has 150 valence electrons. The molecule has 1 saturated heterocycles. The lowest BCUT2D eigenvalue weighted by Crippen LogP contribution is -2.57. The number of nitrogens with zero attached hydrogens (tertiary/aromatic N) is 1. The van der Waals surface area contributed by atoms with E-state index in [2.05, 4.69) is 0 Å². The van der Waals surface area contributed by atoms with Crippen molar-refractivity contribution in [3.8, 4) is 0 Å². The second kappa shape index (κ2) is 6.54. The standard InChI is InChI=1S/C22H34FNO2Si/c1-20(2,3)17-14-18(25)24(19(17)26)15-10-12-16(13-11-15)27(23,21(4,5)6)22(7,8)9/h10-13,17H,14H2,1-9H3/i23-1. The minimum atomic E-state index is -3.36. The van der Waals surface area contributed by atoms with Gasteiger partial charge in [0.05, 0.1) is 11.6 Å². The van der Waals surface area contributed by atoms with Crippen molar-refractivity contribution in [2.75, 3.05) is 4.90 Å². The van der Waals surface area contributed by atoms with Crippen LogP contribution in [0.5, 0.6) is 0 Å². The lowest BCUT2D eigenvalue weighted by molar-refractivity contribution is -0.123. The average molecular weight is 391 g/mol. The molecule has 1 aliphatic rings. The Balaban J connectivity index is 2.43. The van der Waals surface area contributed by atoms with E-state index in [-0.39, 0.29) is 29.6 Å². The monoisotopic (exact) mass is 390 g/mol. The average Bonchev–Trinajstić information content (AvgIpc) is 2.79. The molecule has 2 amide bonds. The normalized spacial score (nSPS) is 19.8. The molecule has 0 aromatic heterocycles. The molecule has 0 bridgehead atoms. The van der Waals surface area contributed by atoms with Gasteiger partial charge in [-0.15, -0.1) is 0 Å². The van der Waals surface area contributed by atoms with Crippen molar-refractivity contribution in [1.82, 2.24) is 0 Å². The van der Waals surface area contributed by atoms with Crippen LogP contribution in [0.4, 0.5) is 9.80 Å². The van der Waals surface area contributed by atoms with Crippen LogP contribution in [0.1, 0.15) is 68.7 Å². The highest BCUT2D eigenvalue weighted by atomic mass is 28.4. The molecule has 0 spiro atoms. The molecule has 5 heteroatoms. The highest BCUT2D eigenvalue weighted by Gasteiger charge is 2.56. The van der Waals surface area contributed by atoms with Crippen molar-refractivity contribution in [2.45, 2.75) is 78.8 Å². The third-order valence-corrected chi connectivity index (χ3v) is 11.0. The molecule has 1 aliphatic heterocycles. The summed E-state index contributed by atoms with van der Waals surface area (Å²) < 4.78 is 16.4. The van der Waals surface area contributed by atoms with Crippen LogP contribution in [0.15, 0.2) is 24.3 Å². The van der Waals surface area contributed by atoms with E-state index in [9.17, 15) is 9.59 Å². The first-order valence-corrected chi connectivity index (χ1v) is 11.6. The first-order valence-electron chi connectivity index (χ1n) is 9.68. The zero-order valence-electron chi connectivity index (χ0n) is 18.2. The van der Waals surface area contributed by atoms with Gasteiger partial charge in [-0.05, 0) is 32.8 Å². The lowest BCUT2D eigenvalue weighted by Gasteiger charge is -2.45. The van der Waals surface area contributed by atoms with Crippen LogP contribution in [0.2, 0.25) is 10.1 Å². The van der Waals surface area contributed by atoms with Crippen LogP contribution in [0.25, 0.3) is 0 Å². The van der Waals surface area contributed by atoms with E-state index in [1.54, 1.807) is 24.3 Å². The first-order chi connectivity index (χ1) is 12.0. The van der Waals surface area contributed by atoms with Gasteiger partial charge in [-0.1, -0.05) is 74.4 Å². The van der Waals surface area contributed by atoms with Gasteiger partial charge >= 0.3 is 0 Å². The third kappa shape index (κ3) is 3.63. The van der Waals surface area contributed by atoms with Crippen LogP contribution >= 0.6 is 0 Å². The van der Waals surface area contributed by atoms with Gasteiger partial charge in [-0.2, -0.15) is 0 Å². The number of rotatable bonds is 2. The molecule has 1 heterocycles. The van der Waals surface area contributed by atoms with E-state index in [1.807, 2.05) is 62.3 Å². The molecule has 1 aromatic rings. The van der Waals surface area contributed by atoms with E-state index in [1.165, 1.54) is 4.90 Å². The van der Waals surface area contributed by atoms with E-state index in [4.69, 9.17) is 0 Å². The number of carbonyl (C=O) groups is 2. The molecular formula is C22H34FNO2Si. The van der Waals surface area contributed by atoms with E-state index >= 15 is 4.11 Å². The molecule has 1 atom stereocenters. The number of hydrogen-bond donors (Lipinski definition) is 0. The predicted molar refractivity (Wildman–Crippen MR) is 112 cm³/mol. The summed E-state index contributed by atoms with van der Waals surface area (Å²) in [6, 6.07) is 7.02. The third-order valence-electron chi connectivity index (χ3n) is 5.78. The molecule has 3 nitrogen and oxygen atoms in total. The van der Waals surface area contributed by atoms with Gasteiger partial charge in [0, 0.05) is 6.42 Å². The zero-order chi connectivity index (χ0) is 21.0. The Kier molecular flexibility index (Phi) is 5.28. The van der Waals surface area contributed by atoms with Gasteiger partial charge in [0.15, 0.2) is 0 Å². The summed E-state index contributed by atoms with van der Waals surface area (Å²) >= 11 is 0. The Morgan fingerprint density at radius 1 is 0.889 bits per heavy atom. The van der Waals surface area contributed by atoms with Crippen molar-refractivity contribution in [1.29, 1.82) is 0 Å². The Morgan fingerprint density at radius 3 is 1.67 bits per heavy atom. The van der Waals surface area contributed by atoms with Crippen molar-refractivity contribution >= 4 is 31.1 Å². The van der Waals surface area contributed by atoms with Crippen molar-refractivity contribution < 1.29 is 13.7 Å². The summed E-state index contributed by atoms with van der Waals surface area (Å²) in [5.41, 5.74) is 0.278. The molecule has 0 saturated carbocycles. The number of halogens is 1. The van der Waals surface area contributed by atoms with Crippen LogP contribution in [-0.2, 0) is 9.59 Å². The molecule has 2 rings (SSSR count). The molecule has 1 fully saturated rings. The van der Waals surface area contributed by atoms with Gasteiger partial charge in [0.25, 0.3) is 8.41 Å². The number of imide groups is 1. The molecule has 0 radical (unpaired) electrons. The Morgan fingerprint density at radius 2 is 1.33 bits per heavy atom. The Bertz CT molecular complexity index is 722. The van der Waals surface area contributed by atoms with Gasteiger partial charge in [-0.25, -0.2) is 0 Å². The number of benzene rings is 1. The van der Waals surface area contributed by atoms with Crippen LogP contribution in [-0.4, -0.2) is 20.2 Å². The summed E-state index contributed by atoms with van der Waals surface area (Å²) in [5, 5.41) is -0.232. The Labute approximate surface area is 164 Å². The summed E-state index contributed by atoms with van der Waals surface area (Å²) in [4.78, 5) is 26.6. The van der Waals surface area contributed by atoms with Crippen molar-refractivity contribution in [2.24, 2.45) is 11.3 Å². The minimum Gasteiger partial charge on any atom is -0.307 e. The van der Waals surface area contributed by atoms with Gasteiger partial charge in [0.2, 0.25) is 11.8 Å². The fourth-order valence-corrected chi connectivity index (χ4v) is 9.02. The van der Waals surface area contributed by atoms with Gasteiger partial charge < -0.3 is 4.11 Å². The number of amides is 2. The maximum absolute atomic E-state index is 16.4. The van der Waals surface area contributed by atoms with Crippen LogP contribution in [0, 0.1) is 11.3 Å². The fourth-order valence-electron chi connectivity index (χ4n) is 4.41. The van der Waals surface area contributed by atoms with Gasteiger partial charge in [0.1, 0.15) is 0 Å². The smallest absolute Gasteiger partial charge is 0.288 e. The molecule has 1 unspecified atom stereocenters. The second-order valence-electron chi connectivity index (χ2n) is 10.9. The van der Waals surface area contributed by atoms with Crippen LogP contribution in [0.3, 0.4) is 0 Å². The predicted octanol–water partition coefficient (Wildman–Crippen LogP) is 5.33. The zero-order valence-corrected chi connectivity index (χ0v) is 19.2. The van der Waals surface area contributed by atoms with Crippen molar-refractivity contribution in [3.05, 3.63) is 24.3 Å². The maximum atomic E-state index is 16.4. The summed E-state index contributed by atoms with van der Waals surface area (Å²) in [6.45, 7) is 17.7. The summed E-state index contributed by atoms with van der Waals surface area (Å²) in [6.07, 6.45) is 0.232. The topological polar surface area (TPSA) is 37.4 Å². The largest absolute Gasteiger partial charge is 0.307 e. The van der Waals surface area contributed by atoms with E-state index in [0.29, 0.717) is 10.9 Å². The highest BCUT2D eigenvalue weighted by Crippen LogP contribution is 2.51. The molecule has 27 heavy (non-hydrogen) atoms. The number of carbonyl (C=O) groups excluding carboxylic acids is 2. The summed E-state index contributed by atoms with van der Waals surface area (Å²) in [5.74, 6) is -0.651. The molecule has 1 aromatic carbocycles. The minimum absolute atomic E-state index is 0.157. The van der Waals surface area contributed by atoms with Gasteiger partial charge in [-0.3, -0.25) is 14.5 Å². The maximum Gasteiger partial charge on any atom is 0.288 e. The number of anilines is 1. The molecular weight excluding hydrogens is 356 g/mol. The SMILES string of the molecule is CC(C)(C)C1CC(=O)N(c2ccc([Si]([18F])(C(C)(C)C)C(C)(C)C)cc2)C1=O. The fraction of sp³-hybridized carbons (Fsp3) is 0.636. The second-order valence-corrected chi connectivity index (χ2v) is 15.8. The molecule has 0 N–H and O–H groups in total. The molecule has 0 aliphatic carbocycles. The highest BCUT2D eigenvalue weighted by molar-refractivity contribution is 6.90. The van der Waals surface area contributed by atoms with Crippen molar-refractivity contribution in [3.63, 3.8) is 0 Å². The van der Waals surface area contributed by atoms with E-state index < -0.39 is 18.5 Å². The quantitative estimate of drug-likeness (QED) is 0.388.